The second-order valence-corrected chi connectivity index (χ2v) is 5.35. The molecule has 82 valence electrons. The van der Waals surface area contributed by atoms with E-state index in [0.29, 0.717) is 5.41 Å². The standard InChI is InChI=1S/C12H24N2/c1-13-10-12(6-4-7-12)11-5-3-8-14(2)9-11/h11,13H,3-10H2,1-2H3. The van der Waals surface area contributed by atoms with E-state index in [9.17, 15) is 0 Å². The lowest BCUT2D eigenvalue weighted by molar-refractivity contribution is 0.00819. The van der Waals surface area contributed by atoms with Crippen molar-refractivity contribution in [3.63, 3.8) is 0 Å². The fourth-order valence-corrected chi connectivity index (χ4v) is 3.38. The highest BCUT2D eigenvalue weighted by atomic mass is 15.1. The van der Waals surface area contributed by atoms with Crippen molar-refractivity contribution in [1.82, 2.24) is 10.2 Å². The van der Waals surface area contributed by atoms with Crippen LogP contribution in [0.25, 0.3) is 0 Å². The van der Waals surface area contributed by atoms with Gasteiger partial charge in [-0.05, 0) is 57.7 Å². The van der Waals surface area contributed by atoms with E-state index in [0.717, 1.165) is 5.92 Å². The zero-order valence-electron chi connectivity index (χ0n) is 9.68. The van der Waals surface area contributed by atoms with Crippen molar-refractivity contribution in [2.24, 2.45) is 11.3 Å². The first-order valence-electron chi connectivity index (χ1n) is 6.10. The lowest BCUT2D eigenvalue weighted by Crippen LogP contribution is -2.50. The van der Waals surface area contributed by atoms with E-state index in [-0.39, 0.29) is 0 Å². The largest absolute Gasteiger partial charge is 0.319 e. The fraction of sp³-hybridized carbons (Fsp3) is 1.00. The van der Waals surface area contributed by atoms with Gasteiger partial charge in [-0.1, -0.05) is 6.42 Å². The first-order valence-corrected chi connectivity index (χ1v) is 6.10. The van der Waals surface area contributed by atoms with Crippen LogP contribution in [0, 0.1) is 11.3 Å². The molecule has 0 amide bonds. The molecule has 2 nitrogen and oxygen atoms in total. The van der Waals surface area contributed by atoms with Crippen molar-refractivity contribution in [3.05, 3.63) is 0 Å². The third kappa shape index (κ3) is 1.82. The Labute approximate surface area is 88.1 Å². The molecule has 2 heteroatoms. The smallest absolute Gasteiger partial charge is 0.00124 e. The minimum Gasteiger partial charge on any atom is -0.319 e. The number of piperidine rings is 1. The molecular formula is C12H24N2. The van der Waals surface area contributed by atoms with E-state index in [1.54, 1.807) is 0 Å². The molecule has 1 atom stereocenters. The Balaban J connectivity index is 1.96. The Morgan fingerprint density at radius 3 is 2.64 bits per heavy atom. The fourth-order valence-electron chi connectivity index (χ4n) is 3.38. The first kappa shape index (κ1) is 10.4. The van der Waals surface area contributed by atoms with Gasteiger partial charge in [-0.2, -0.15) is 0 Å². The molecule has 1 saturated heterocycles. The van der Waals surface area contributed by atoms with Gasteiger partial charge in [-0.25, -0.2) is 0 Å². The number of likely N-dealkylation sites (tertiary alicyclic amines) is 1. The maximum Gasteiger partial charge on any atom is 0.00124 e. The van der Waals surface area contributed by atoms with Crippen molar-refractivity contribution in [3.8, 4) is 0 Å². The zero-order valence-corrected chi connectivity index (χ0v) is 9.68. The van der Waals surface area contributed by atoms with Crippen molar-refractivity contribution in [1.29, 1.82) is 0 Å². The molecule has 0 aromatic carbocycles. The quantitative estimate of drug-likeness (QED) is 0.739. The summed E-state index contributed by atoms with van der Waals surface area (Å²) >= 11 is 0. The van der Waals surface area contributed by atoms with Gasteiger partial charge in [0.25, 0.3) is 0 Å². The van der Waals surface area contributed by atoms with Crippen molar-refractivity contribution < 1.29 is 0 Å². The van der Waals surface area contributed by atoms with Gasteiger partial charge < -0.3 is 10.2 Å². The molecular weight excluding hydrogens is 172 g/mol. The van der Waals surface area contributed by atoms with Gasteiger partial charge in [0.05, 0.1) is 0 Å². The average Bonchev–Trinajstić information content (AvgIpc) is 2.11. The molecule has 1 unspecified atom stereocenters. The van der Waals surface area contributed by atoms with Crippen LogP contribution in [0.4, 0.5) is 0 Å². The summed E-state index contributed by atoms with van der Waals surface area (Å²) in [5.41, 5.74) is 0.670. The van der Waals surface area contributed by atoms with Crippen molar-refractivity contribution in [2.45, 2.75) is 32.1 Å². The SMILES string of the molecule is CNCC1(C2CCCN(C)C2)CCC1. The molecule has 1 heterocycles. The predicted octanol–water partition coefficient (Wildman–Crippen LogP) is 1.72. The first-order chi connectivity index (χ1) is 6.77. The summed E-state index contributed by atoms with van der Waals surface area (Å²) in [6, 6.07) is 0. The highest BCUT2D eigenvalue weighted by molar-refractivity contribution is 4.96. The van der Waals surface area contributed by atoms with E-state index in [4.69, 9.17) is 0 Å². The van der Waals surface area contributed by atoms with E-state index in [1.807, 2.05) is 0 Å². The minimum atomic E-state index is 0.670. The van der Waals surface area contributed by atoms with Gasteiger partial charge >= 0.3 is 0 Å². The number of hydrogen-bond donors (Lipinski definition) is 1. The second-order valence-electron chi connectivity index (χ2n) is 5.35. The lowest BCUT2D eigenvalue weighted by atomic mass is 9.59. The molecule has 2 rings (SSSR count). The molecule has 1 aliphatic carbocycles. The molecule has 0 radical (unpaired) electrons. The summed E-state index contributed by atoms with van der Waals surface area (Å²) in [5.74, 6) is 0.961. The summed E-state index contributed by atoms with van der Waals surface area (Å²) in [6.45, 7) is 3.89. The van der Waals surface area contributed by atoms with Crippen LogP contribution in [0.1, 0.15) is 32.1 Å². The van der Waals surface area contributed by atoms with Crippen LogP contribution >= 0.6 is 0 Å². The highest BCUT2D eigenvalue weighted by Gasteiger charge is 2.44. The van der Waals surface area contributed by atoms with Gasteiger partial charge in [0.2, 0.25) is 0 Å². The molecule has 0 aromatic heterocycles. The van der Waals surface area contributed by atoms with E-state index in [1.165, 1.54) is 51.7 Å². The predicted molar refractivity (Wildman–Crippen MR) is 60.4 cm³/mol. The van der Waals surface area contributed by atoms with Gasteiger partial charge in [0.15, 0.2) is 0 Å². The second kappa shape index (κ2) is 4.19. The zero-order chi connectivity index (χ0) is 10.0. The molecule has 1 aliphatic heterocycles. The monoisotopic (exact) mass is 196 g/mol. The third-order valence-electron chi connectivity index (χ3n) is 4.37. The summed E-state index contributed by atoms with van der Waals surface area (Å²) < 4.78 is 0. The number of nitrogens with one attached hydrogen (secondary N) is 1. The molecule has 1 N–H and O–H groups in total. The number of hydrogen-bond acceptors (Lipinski definition) is 2. The Kier molecular flexibility index (Phi) is 3.13. The van der Waals surface area contributed by atoms with Crippen molar-refractivity contribution in [2.75, 3.05) is 33.7 Å². The summed E-state index contributed by atoms with van der Waals surface area (Å²) in [4.78, 5) is 2.52. The summed E-state index contributed by atoms with van der Waals surface area (Å²) in [7, 11) is 4.38. The van der Waals surface area contributed by atoms with Crippen LogP contribution in [-0.4, -0.2) is 38.6 Å². The van der Waals surface area contributed by atoms with Gasteiger partial charge in [-0.15, -0.1) is 0 Å². The van der Waals surface area contributed by atoms with Gasteiger partial charge in [-0.3, -0.25) is 0 Å². The van der Waals surface area contributed by atoms with Gasteiger partial charge in [0.1, 0.15) is 0 Å². The Morgan fingerprint density at radius 1 is 1.36 bits per heavy atom. The van der Waals surface area contributed by atoms with Crippen LogP contribution in [0.5, 0.6) is 0 Å². The molecule has 1 saturated carbocycles. The number of nitrogens with zero attached hydrogens (tertiary/aromatic N) is 1. The molecule has 14 heavy (non-hydrogen) atoms. The molecule has 2 fully saturated rings. The van der Waals surface area contributed by atoms with Crippen LogP contribution in [0.3, 0.4) is 0 Å². The topological polar surface area (TPSA) is 15.3 Å². The Bertz CT molecular complexity index is 187. The van der Waals surface area contributed by atoms with Gasteiger partial charge in [0, 0.05) is 13.1 Å². The maximum absolute atomic E-state index is 3.40. The molecule has 2 aliphatic rings. The summed E-state index contributed by atoms with van der Waals surface area (Å²) in [6.07, 6.45) is 7.26. The third-order valence-corrected chi connectivity index (χ3v) is 4.37. The average molecular weight is 196 g/mol. The van der Waals surface area contributed by atoms with E-state index < -0.39 is 0 Å². The van der Waals surface area contributed by atoms with Crippen LogP contribution in [0.15, 0.2) is 0 Å². The van der Waals surface area contributed by atoms with E-state index >= 15 is 0 Å². The minimum absolute atomic E-state index is 0.670. The van der Waals surface area contributed by atoms with Crippen LogP contribution in [0.2, 0.25) is 0 Å². The maximum atomic E-state index is 3.40. The Morgan fingerprint density at radius 2 is 2.14 bits per heavy atom. The molecule has 0 spiro atoms. The van der Waals surface area contributed by atoms with Crippen LogP contribution < -0.4 is 5.32 Å². The lowest BCUT2D eigenvalue weighted by Gasteiger charge is -2.51. The molecule has 0 bridgehead atoms. The highest BCUT2D eigenvalue weighted by Crippen LogP contribution is 2.49. The Hall–Kier alpha value is -0.0800. The normalized spacial score (nSPS) is 32.6. The number of rotatable bonds is 3. The van der Waals surface area contributed by atoms with E-state index in [2.05, 4.69) is 24.3 Å². The van der Waals surface area contributed by atoms with Crippen molar-refractivity contribution >= 4 is 0 Å². The summed E-state index contributed by atoms with van der Waals surface area (Å²) in [5, 5.41) is 3.40. The molecule has 0 aromatic rings. The van der Waals surface area contributed by atoms with Crippen LogP contribution in [-0.2, 0) is 0 Å².